The van der Waals surface area contributed by atoms with E-state index < -0.39 is 0 Å². The lowest BCUT2D eigenvalue weighted by molar-refractivity contribution is 0.151. The minimum absolute atomic E-state index is 0.737. The van der Waals surface area contributed by atoms with Crippen LogP contribution < -0.4 is 5.43 Å². The molecule has 0 atom stereocenters. The molecule has 0 fully saturated rings. The summed E-state index contributed by atoms with van der Waals surface area (Å²) in [5.41, 5.74) is 6.52. The highest BCUT2D eigenvalue weighted by Crippen LogP contribution is 2.27. The van der Waals surface area contributed by atoms with Crippen molar-refractivity contribution in [2.75, 3.05) is 18.6 Å². The molecule has 0 spiro atoms. The summed E-state index contributed by atoms with van der Waals surface area (Å²) < 4.78 is 5.37. The predicted molar refractivity (Wildman–Crippen MR) is 67.5 cm³/mol. The summed E-state index contributed by atoms with van der Waals surface area (Å²) in [5.74, 6) is 0. The monoisotopic (exact) mass is 238 g/mol. The number of anilines is 1. The Balaban J connectivity index is 2.20. The van der Waals surface area contributed by atoms with Gasteiger partial charge in [0.1, 0.15) is 0 Å². The van der Waals surface area contributed by atoms with Gasteiger partial charge in [0, 0.05) is 24.3 Å². The second-order valence-electron chi connectivity index (χ2n) is 3.67. The quantitative estimate of drug-likeness (QED) is 0.819. The van der Waals surface area contributed by atoms with Crippen LogP contribution in [-0.2, 0) is 17.6 Å². The van der Waals surface area contributed by atoms with Gasteiger partial charge in [0.05, 0.1) is 12.3 Å². The van der Waals surface area contributed by atoms with E-state index in [4.69, 9.17) is 16.3 Å². The van der Waals surface area contributed by atoms with Gasteiger partial charge in [-0.15, -0.1) is 0 Å². The highest BCUT2D eigenvalue weighted by molar-refractivity contribution is 6.31. The molecule has 0 aromatic heterocycles. The number of ether oxygens (including phenoxy) is 1. The first-order valence-corrected chi connectivity index (χ1v) is 5.85. The summed E-state index contributed by atoms with van der Waals surface area (Å²) in [7, 11) is 0. The Kier molecular flexibility index (Phi) is 3.80. The molecule has 1 aromatic carbocycles. The zero-order valence-electron chi connectivity index (χ0n) is 9.29. The molecule has 0 saturated carbocycles. The average Bonchev–Trinajstić information content (AvgIpc) is 2.29. The highest BCUT2D eigenvalue weighted by atomic mass is 35.5. The molecule has 1 aliphatic rings. The first-order chi connectivity index (χ1) is 7.81. The van der Waals surface area contributed by atoms with Crippen molar-refractivity contribution < 1.29 is 4.74 Å². The Morgan fingerprint density at radius 2 is 2.38 bits per heavy atom. The maximum Gasteiger partial charge on any atom is 0.0614 e. The van der Waals surface area contributed by atoms with Gasteiger partial charge in [0.2, 0.25) is 0 Å². The van der Waals surface area contributed by atoms with Crippen LogP contribution in [0.25, 0.3) is 0 Å². The Labute approximate surface area is 100 Å². The predicted octanol–water partition coefficient (Wildman–Crippen LogP) is 2.87. The van der Waals surface area contributed by atoms with E-state index >= 15 is 0 Å². The number of halogens is 1. The van der Waals surface area contributed by atoms with Crippen molar-refractivity contribution in [2.24, 2.45) is 5.10 Å². The van der Waals surface area contributed by atoms with E-state index in [9.17, 15) is 0 Å². The lowest BCUT2D eigenvalue weighted by Gasteiger charge is -2.17. The largest absolute Gasteiger partial charge is 0.381 e. The Hall–Kier alpha value is -1.06. The lowest BCUT2D eigenvalue weighted by Crippen LogP contribution is -2.09. The molecule has 1 heterocycles. The van der Waals surface area contributed by atoms with Gasteiger partial charge < -0.3 is 4.74 Å². The van der Waals surface area contributed by atoms with Crippen LogP contribution in [0.4, 0.5) is 5.69 Å². The van der Waals surface area contributed by atoms with Crippen molar-refractivity contribution in [2.45, 2.75) is 19.8 Å². The molecule has 86 valence electrons. The van der Waals surface area contributed by atoms with E-state index in [1.165, 1.54) is 11.1 Å². The number of hydrogen-bond donors (Lipinski definition) is 1. The number of fused-ring (bicyclic) bond motifs is 1. The second-order valence-corrected chi connectivity index (χ2v) is 4.10. The van der Waals surface area contributed by atoms with Gasteiger partial charge in [0.15, 0.2) is 0 Å². The number of benzene rings is 1. The maximum absolute atomic E-state index is 6.06. The molecule has 0 unspecified atom stereocenters. The van der Waals surface area contributed by atoms with E-state index in [2.05, 4.69) is 10.5 Å². The maximum atomic E-state index is 6.06. The van der Waals surface area contributed by atoms with E-state index in [0.717, 1.165) is 36.8 Å². The third kappa shape index (κ3) is 2.54. The molecule has 0 bridgehead atoms. The molecule has 2 rings (SSSR count). The van der Waals surface area contributed by atoms with Crippen LogP contribution in [-0.4, -0.2) is 19.4 Å². The van der Waals surface area contributed by atoms with Crippen LogP contribution in [0.5, 0.6) is 0 Å². The Bertz CT molecular complexity index is 404. The summed E-state index contributed by atoms with van der Waals surface area (Å²) in [5, 5.41) is 4.78. The molecular weight excluding hydrogens is 224 g/mol. The third-order valence-corrected chi connectivity index (χ3v) is 2.82. The standard InChI is InChI=1S/C12H15ClN2O/c1-2-16-6-4-9-7-10(13)8-12-11(9)3-5-14-15-12/h5,7-8,15H,2-4,6H2,1H3. The number of nitrogens with one attached hydrogen (secondary N) is 1. The topological polar surface area (TPSA) is 33.6 Å². The summed E-state index contributed by atoms with van der Waals surface area (Å²) in [6, 6.07) is 3.93. The smallest absolute Gasteiger partial charge is 0.0614 e. The van der Waals surface area contributed by atoms with Crippen LogP contribution in [0.1, 0.15) is 18.1 Å². The van der Waals surface area contributed by atoms with E-state index in [1.54, 1.807) is 0 Å². The minimum atomic E-state index is 0.737. The first kappa shape index (κ1) is 11.4. The van der Waals surface area contributed by atoms with Crippen LogP contribution in [0.2, 0.25) is 5.02 Å². The highest BCUT2D eigenvalue weighted by Gasteiger charge is 2.11. The van der Waals surface area contributed by atoms with Crippen LogP contribution in [0, 0.1) is 0 Å². The number of rotatable bonds is 4. The molecule has 1 aromatic rings. The number of hydrogen-bond acceptors (Lipinski definition) is 3. The Morgan fingerprint density at radius 3 is 3.19 bits per heavy atom. The fraction of sp³-hybridized carbons (Fsp3) is 0.417. The van der Waals surface area contributed by atoms with Gasteiger partial charge in [0.25, 0.3) is 0 Å². The molecule has 1 N–H and O–H groups in total. The third-order valence-electron chi connectivity index (χ3n) is 2.60. The van der Waals surface area contributed by atoms with Crippen molar-refractivity contribution in [3.8, 4) is 0 Å². The molecule has 3 nitrogen and oxygen atoms in total. The van der Waals surface area contributed by atoms with E-state index in [0.29, 0.717) is 0 Å². The summed E-state index contributed by atoms with van der Waals surface area (Å²) >= 11 is 6.06. The molecular formula is C12H15ClN2O. The summed E-state index contributed by atoms with van der Waals surface area (Å²) in [6.07, 6.45) is 3.63. The fourth-order valence-electron chi connectivity index (χ4n) is 1.84. The second kappa shape index (κ2) is 5.32. The van der Waals surface area contributed by atoms with Gasteiger partial charge in [-0.3, -0.25) is 5.43 Å². The van der Waals surface area contributed by atoms with E-state index in [1.807, 2.05) is 25.3 Å². The SMILES string of the molecule is CCOCCc1cc(Cl)cc2c1CC=NN2. The zero-order chi connectivity index (χ0) is 11.4. The van der Waals surface area contributed by atoms with Crippen LogP contribution in [0.3, 0.4) is 0 Å². The minimum Gasteiger partial charge on any atom is -0.381 e. The lowest BCUT2D eigenvalue weighted by atomic mass is 10.00. The van der Waals surface area contributed by atoms with Gasteiger partial charge in [-0.05, 0) is 36.6 Å². The molecule has 4 heteroatoms. The van der Waals surface area contributed by atoms with Gasteiger partial charge in [-0.2, -0.15) is 5.10 Å². The van der Waals surface area contributed by atoms with Crippen molar-refractivity contribution in [1.29, 1.82) is 0 Å². The number of nitrogens with zero attached hydrogens (tertiary/aromatic N) is 1. The van der Waals surface area contributed by atoms with Crippen molar-refractivity contribution in [3.05, 3.63) is 28.3 Å². The Morgan fingerprint density at radius 1 is 1.50 bits per heavy atom. The molecule has 0 amide bonds. The molecule has 1 aliphatic heterocycles. The molecule has 0 saturated heterocycles. The first-order valence-electron chi connectivity index (χ1n) is 5.48. The molecule has 0 aliphatic carbocycles. The van der Waals surface area contributed by atoms with Crippen molar-refractivity contribution in [1.82, 2.24) is 0 Å². The van der Waals surface area contributed by atoms with Crippen molar-refractivity contribution in [3.63, 3.8) is 0 Å². The van der Waals surface area contributed by atoms with Gasteiger partial charge in [-0.25, -0.2) is 0 Å². The fourth-order valence-corrected chi connectivity index (χ4v) is 2.08. The average molecular weight is 239 g/mol. The van der Waals surface area contributed by atoms with Crippen LogP contribution >= 0.6 is 11.6 Å². The summed E-state index contributed by atoms with van der Waals surface area (Å²) in [6.45, 7) is 3.49. The normalized spacial score (nSPS) is 13.4. The zero-order valence-corrected chi connectivity index (χ0v) is 10.0. The van der Waals surface area contributed by atoms with Gasteiger partial charge in [-0.1, -0.05) is 11.6 Å². The summed E-state index contributed by atoms with van der Waals surface area (Å²) in [4.78, 5) is 0. The molecule has 16 heavy (non-hydrogen) atoms. The van der Waals surface area contributed by atoms with Crippen LogP contribution in [0.15, 0.2) is 17.2 Å². The molecule has 0 radical (unpaired) electrons. The van der Waals surface area contributed by atoms with Gasteiger partial charge >= 0.3 is 0 Å². The number of hydrazone groups is 1. The van der Waals surface area contributed by atoms with Crippen molar-refractivity contribution >= 4 is 23.5 Å². The van der Waals surface area contributed by atoms with E-state index in [-0.39, 0.29) is 0 Å².